The standard InChI is InChI=1S/C11H13IN4/c1-2-11(4-5-11)16-6-3-7-8(13)14-10(12)15-9(7)16/h3,6H,2,4-5H2,1H3,(H2,13,14,15). The summed E-state index contributed by atoms with van der Waals surface area (Å²) < 4.78 is 3.00. The van der Waals surface area contributed by atoms with Crippen LogP contribution in [0, 0.1) is 3.83 Å². The predicted octanol–water partition coefficient (Wildman–Crippen LogP) is 2.52. The van der Waals surface area contributed by atoms with Crippen molar-refractivity contribution in [3.63, 3.8) is 0 Å². The summed E-state index contributed by atoms with van der Waals surface area (Å²) in [6, 6.07) is 2.02. The molecule has 0 saturated heterocycles. The molecule has 0 aromatic carbocycles. The van der Waals surface area contributed by atoms with E-state index in [2.05, 4.69) is 50.2 Å². The summed E-state index contributed by atoms with van der Waals surface area (Å²) in [5.41, 5.74) is 7.19. The Kier molecular flexibility index (Phi) is 2.14. The van der Waals surface area contributed by atoms with E-state index in [1.165, 1.54) is 12.8 Å². The van der Waals surface area contributed by atoms with E-state index in [1.54, 1.807) is 0 Å². The highest BCUT2D eigenvalue weighted by molar-refractivity contribution is 14.1. The van der Waals surface area contributed by atoms with Gasteiger partial charge in [0.05, 0.1) is 5.39 Å². The van der Waals surface area contributed by atoms with E-state index in [1.807, 2.05) is 6.07 Å². The summed E-state index contributed by atoms with van der Waals surface area (Å²) in [7, 11) is 0. The number of aromatic nitrogens is 3. The minimum Gasteiger partial charge on any atom is -0.383 e. The summed E-state index contributed by atoms with van der Waals surface area (Å²) in [6.07, 6.45) is 5.74. The SMILES string of the molecule is CCC1(n2ccc3c(N)nc(I)nc32)CC1. The Morgan fingerprint density at radius 3 is 2.88 bits per heavy atom. The maximum absolute atomic E-state index is 5.91. The number of halogens is 1. The van der Waals surface area contributed by atoms with Crippen LogP contribution in [0.4, 0.5) is 5.82 Å². The molecule has 2 aromatic rings. The van der Waals surface area contributed by atoms with Crippen molar-refractivity contribution in [2.24, 2.45) is 0 Å². The Balaban J connectivity index is 2.27. The molecule has 1 aliphatic carbocycles. The van der Waals surface area contributed by atoms with Gasteiger partial charge in [0.2, 0.25) is 0 Å². The first-order valence-corrected chi connectivity index (χ1v) is 6.55. The minimum absolute atomic E-state index is 0.297. The monoisotopic (exact) mass is 328 g/mol. The molecular formula is C11H13IN4. The molecule has 0 spiro atoms. The molecule has 16 heavy (non-hydrogen) atoms. The van der Waals surface area contributed by atoms with Crippen molar-refractivity contribution in [1.29, 1.82) is 0 Å². The molecule has 2 heterocycles. The Hall–Kier alpha value is -0.850. The molecule has 5 heteroatoms. The summed E-state index contributed by atoms with van der Waals surface area (Å²) in [5, 5.41) is 0.972. The zero-order valence-corrected chi connectivity index (χ0v) is 11.2. The Morgan fingerprint density at radius 2 is 2.25 bits per heavy atom. The zero-order chi connectivity index (χ0) is 11.3. The topological polar surface area (TPSA) is 56.7 Å². The normalized spacial score (nSPS) is 17.9. The Morgan fingerprint density at radius 1 is 1.50 bits per heavy atom. The molecule has 1 fully saturated rings. The van der Waals surface area contributed by atoms with Crippen LogP contribution in [-0.2, 0) is 5.54 Å². The summed E-state index contributed by atoms with van der Waals surface area (Å²) in [4.78, 5) is 8.69. The van der Waals surface area contributed by atoms with Crippen LogP contribution in [0.2, 0.25) is 0 Å². The van der Waals surface area contributed by atoms with Gasteiger partial charge in [0.15, 0.2) is 3.83 Å². The molecule has 2 aromatic heterocycles. The van der Waals surface area contributed by atoms with E-state index in [4.69, 9.17) is 5.73 Å². The number of nitrogens with zero attached hydrogens (tertiary/aromatic N) is 3. The van der Waals surface area contributed by atoms with Gasteiger partial charge >= 0.3 is 0 Å². The molecule has 2 N–H and O–H groups in total. The number of nitrogen functional groups attached to an aromatic ring is 1. The maximum atomic E-state index is 5.91. The number of fused-ring (bicyclic) bond motifs is 1. The van der Waals surface area contributed by atoms with Crippen molar-refractivity contribution in [3.8, 4) is 0 Å². The fourth-order valence-electron chi connectivity index (χ4n) is 2.30. The van der Waals surface area contributed by atoms with Gasteiger partial charge in [-0.05, 0) is 25.3 Å². The molecule has 1 saturated carbocycles. The van der Waals surface area contributed by atoms with Gasteiger partial charge in [-0.2, -0.15) is 0 Å². The highest BCUT2D eigenvalue weighted by atomic mass is 127. The lowest BCUT2D eigenvalue weighted by Crippen LogP contribution is -2.15. The average molecular weight is 328 g/mol. The molecule has 84 valence electrons. The van der Waals surface area contributed by atoms with Crippen molar-refractivity contribution in [2.75, 3.05) is 5.73 Å². The third kappa shape index (κ3) is 1.33. The van der Waals surface area contributed by atoms with Gasteiger partial charge < -0.3 is 10.3 Å². The highest BCUT2D eigenvalue weighted by Crippen LogP contribution is 2.48. The van der Waals surface area contributed by atoms with Crippen LogP contribution < -0.4 is 5.73 Å². The summed E-state index contributed by atoms with van der Waals surface area (Å²) in [6.45, 7) is 2.23. The van der Waals surface area contributed by atoms with Gasteiger partial charge in [-0.3, -0.25) is 0 Å². The molecule has 0 unspecified atom stereocenters. The van der Waals surface area contributed by atoms with Crippen molar-refractivity contribution in [3.05, 3.63) is 16.1 Å². The Labute approximate surface area is 107 Å². The first-order chi connectivity index (χ1) is 7.66. The van der Waals surface area contributed by atoms with Gasteiger partial charge in [-0.15, -0.1) is 0 Å². The summed E-state index contributed by atoms with van der Waals surface area (Å²) in [5.74, 6) is 0.583. The van der Waals surface area contributed by atoms with E-state index in [-0.39, 0.29) is 0 Å². The molecule has 0 aliphatic heterocycles. The number of hydrogen-bond acceptors (Lipinski definition) is 3. The fraction of sp³-hybridized carbons (Fsp3) is 0.455. The quantitative estimate of drug-likeness (QED) is 0.681. The largest absolute Gasteiger partial charge is 0.383 e. The zero-order valence-electron chi connectivity index (χ0n) is 9.07. The van der Waals surface area contributed by atoms with Gasteiger partial charge in [0.25, 0.3) is 0 Å². The van der Waals surface area contributed by atoms with Crippen molar-refractivity contribution >= 4 is 39.4 Å². The lowest BCUT2D eigenvalue weighted by Gasteiger charge is -2.16. The second-order valence-electron chi connectivity index (χ2n) is 4.38. The van der Waals surface area contributed by atoms with Crippen molar-refractivity contribution in [1.82, 2.24) is 14.5 Å². The van der Waals surface area contributed by atoms with E-state index in [0.29, 0.717) is 11.4 Å². The first-order valence-electron chi connectivity index (χ1n) is 5.47. The van der Waals surface area contributed by atoms with Crippen LogP contribution in [0.25, 0.3) is 11.0 Å². The Bertz CT molecular complexity index is 556. The van der Waals surface area contributed by atoms with E-state index in [0.717, 1.165) is 21.3 Å². The van der Waals surface area contributed by atoms with Crippen LogP contribution in [0.5, 0.6) is 0 Å². The van der Waals surface area contributed by atoms with Crippen molar-refractivity contribution < 1.29 is 0 Å². The lowest BCUT2D eigenvalue weighted by molar-refractivity contribution is 0.478. The molecular weight excluding hydrogens is 315 g/mol. The lowest BCUT2D eigenvalue weighted by atomic mass is 10.2. The number of nitrogens with two attached hydrogens (primary N) is 1. The highest BCUT2D eigenvalue weighted by Gasteiger charge is 2.43. The maximum Gasteiger partial charge on any atom is 0.194 e. The number of anilines is 1. The van der Waals surface area contributed by atoms with Crippen LogP contribution in [0.3, 0.4) is 0 Å². The molecule has 3 rings (SSSR count). The molecule has 0 radical (unpaired) electrons. The van der Waals surface area contributed by atoms with Crippen LogP contribution >= 0.6 is 22.6 Å². The molecule has 0 bridgehead atoms. The van der Waals surface area contributed by atoms with Gasteiger partial charge in [0, 0.05) is 34.3 Å². The number of hydrogen-bond donors (Lipinski definition) is 1. The molecule has 0 atom stereocenters. The third-order valence-electron chi connectivity index (χ3n) is 3.54. The fourth-order valence-corrected chi connectivity index (χ4v) is 2.79. The first kappa shape index (κ1) is 10.3. The number of rotatable bonds is 2. The summed E-state index contributed by atoms with van der Waals surface area (Å²) >= 11 is 2.11. The van der Waals surface area contributed by atoms with Gasteiger partial charge in [0.1, 0.15) is 11.5 Å². The van der Waals surface area contributed by atoms with E-state index < -0.39 is 0 Å². The van der Waals surface area contributed by atoms with Crippen LogP contribution in [-0.4, -0.2) is 14.5 Å². The van der Waals surface area contributed by atoms with E-state index >= 15 is 0 Å². The second kappa shape index (κ2) is 3.32. The van der Waals surface area contributed by atoms with E-state index in [9.17, 15) is 0 Å². The van der Waals surface area contributed by atoms with Gasteiger partial charge in [-0.25, -0.2) is 9.97 Å². The smallest absolute Gasteiger partial charge is 0.194 e. The van der Waals surface area contributed by atoms with Crippen LogP contribution in [0.15, 0.2) is 12.3 Å². The van der Waals surface area contributed by atoms with Gasteiger partial charge in [-0.1, -0.05) is 6.92 Å². The van der Waals surface area contributed by atoms with Crippen molar-refractivity contribution in [2.45, 2.75) is 31.7 Å². The predicted molar refractivity (Wildman–Crippen MR) is 72.2 cm³/mol. The molecule has 4 nitrogen and oxygen atoms in total. The minimum atomic E-state index is 0.297. The molecule has 1 aliphatic rings. The van der Waals surface area contributed by atoms with Crippen LogP contribution in [0.1, 0.15) is 26.2 Å². The average Bonchev–Trinajstić information content (AvgIpc) is 2.93. The molecule has 0 amide bonds. The third-order valence-corrected chi connectivity index (χ3v) is 4.02. The second-order valence-corrected chi connectivity index (χ2v) is 5.34.